The van der Waals surface area contributed by atoms with Gasteiger partial charge in [-0.25, -0.2) is 4.98 Å². The smallest absolute Gasteiger partial charge is 0.290 e. The standard InChI is InChI=1S/C20H32N4O/c1-14(2)10-18-17-13-25-20(3,4)11-15(17)16(12-21)19(23-18)22-8-7-9-24(5)6/h14H,7-11,13H2,1-6H3,(H,22,23)/p+2. The Kier molecular flexibility index (Phi) is 6.42. The number of anilines is 1. The van der Waals surface area contributed by atoms with Gasteiger partial charge < -0.3 is 9.64 Å². The molecule has 25 heavy (non-hydrogen) atoms. The van der Waals surface area contributed by atoms with E-state index in [9.17, 15) is 5.26 Å². The number of hydrogen-bond acceptors (Lipinski definition) is 3. The number of nitrogens with zero attached hydrogens (tertiary/aromatic N) is 1. The zero-order valence-electron chi connectivity index (χ0n) is 16.7. The van der Waals surface area contributed by atoms with Gasteiger partial charge in [0.05, 0.1) is 39.4 Å². The van der Waals surface area contributed by atoms with E-state index in [2.05, 4.69) is 58.2 Å². The molecule has 3 N–H and O–H groups in total. The number of H-pyrrole nitrogens is 1. The molecule has 0 atom stereocenters. The molecule has 1 aliphatic rings. The van der Waals surface area contributed by atoms with E-state index in [1.807, 2.05) is 0 Å². The molecule has 5 nitrogen and oxygen atoms in total. The van der Waals surface area contributed by atoms with Gasteiger partial charge in [-0.15, -0.1) is 0 Å². The Labute approximate surface area is 152 Å². The Balaban J connectivity index is 2.36. The molecule has 138 valence electrons. The summed E-state index contributed by atoms with van der Waals surface area (Å²) in [6.07, 6.45) is 2.82. The highest BCUT2D eigenvalue weighted by Crippen LogP contribution is 2.33. The highest BCUT2D eigenvalue weighted by Gasteiger charge is 2.33. The van der Waals surface area contributed by atoms with Crippen molar-refractivity contribution in [3.8, 4) is 6.07 Å². The summed E-state index contributed by atoms with van der Waals surface area (Å²) >= 11 is 0. The Morgan fingerprint density at radius 1 is 1.32 bits per heavy atom. The molecule has 1 aromatic rings. The topological polar surface area (TPSA) is 63.6 Å². The van der Waals surface area contributed by atoms with Gasteiger partial charge in [0.25, 0.3) is 5.82 Å². The zero-order valence-corrected chi connectivity index (χ0v) is 16.7. The number of ether oxygens (including phenoxy) is 1. The number of quaternary nitrogens is 1. The molecule has 0 radical (unpaired) electrons. The third-order valence-electron chi connectivity index (χ3n) is 4.65. The maximum atomic E-state index is 9.81. The molecule has 0 aromatic carbocycles. The lowest BCUT2D eigenvalue weighted by Crippen LogP contribution is -3.05. The molecule has 0 aliphatic carbocycles. The summed E-state index contributed by atoms with van der Waals surface area (Å²) < 4.78 is 6.03. The van der Waals surface area contributed by atoms with Crippen LogP contribution < -0.4 is 15.2 Å². The summed E-state index contributed by atoms with van der Waals surface area (Å²) in [6.45, 7) is 11.2. The van der Waals surface area contributed by atoms with Gasteiger partial charge in [-0.05, 0) is 25.3 Å². The summed E-state index contributed by atoms with van der Waals surface area (Å²) in [5.41, 5.74) is 4.10. The minimum Gasteiger partial charge on any atom is -0.370 e. The molecule has 0 saturated heterocycles. The third-order valence-corrected chi connectivity index (χ3v) is 4.65. The SMILES string of the molecule is CC(C)Cc1[nH+]c(NCCC[NH+](C)C)c(C#N)c2c1COC(C)(C)C2. The Morgan fingerprint density at radius 3 is 2.64 bits per heavy atom. The second kappa shape index (κ2) is 8.16. The van der Waals surface area contributed by atoms with Crippen LogP contribution in [0.3, 0.4) is 0 Å². The van der Waals surface area contributed by atoms with Gasteiger partial charge >= 0.3 is 0 Å². The van der Waals surface area contributed by atoms with Crippen molar-refractivity contribution in [3.05, 3.63) is 22.4 Å². The van der Waals surface area contributed by atoms with Crippen molar-refractivity contribution in [2.24, 2.45) is 5.92 Å². The predicted molar refractivity (Wildman–Crippen MR) is 99.6 cm³/mol. The largest absolute Gasteiger partial charge is 0.370 e. The molecule has 0 fully saturated rings. The van der Waals surface area contributed by atoms with Crippen LogP contribution in [0.25, 0.3) is 0 Å². The van der Waals surface area contributed by atoms with Crippen LogP contribution in [-0.2, 0) is 24.2 Å². The molecule has 0 amide bonds. The van der Waals surface area contributed by atoms with E-state index in [1.165, 1.54) is 16.2 Å². The summed E-state index contributed by atoms with van der Waals surface area (Å²) in [7, 11) is 4.32. The third kappa shape index (κ3) is 5.17. The quantitative estimate of drug-likeness (QED) is 0.733. The number of aromatic nitrogens is 1. The molecule has 0 spiro atoms. The van der Waals surface area contributed by atoms with E-state index in [-0.39, 0.29) is 5.60 Å². The average Bonchev–Trinajstić information content (AvgIpc) is 2.49. The van der Waals surface area contributed by atoms with Crippen molar-refractivity contribution in [2.45, 2.75) is 59.2 Å². The van der Waals surface area contributed by atoms with Crippen LogP contribution in [0.1, 0.15) is 56.5 Å². The molecule has 2 heterocycles. The van der Waals surface area contributed by atoms with E-state index >= 15 is 0 Å². The van der Waals surface area contributed by atoms with Crippen LogP contribution >= 0.6 is 0 Å². The number of nitrogens with one attached hydrogen (secondary N) is 3. The first-order chi connectivity index (χ1) is 11.7. The van der Waals surface area contributed by atoms with Gasteiger partial charge in [-0.2, -0.15) is 5.26 Å². The highest BCUT2D eigenvalue weighted by molar-refractivity contribution is 5.56. The number of fused-ring (bicyclic) bond motifs is 1. The average molecular weight is 347 g/mol. The lowest BCUT2D eigenvalue weighted by molar-refractivity contribution is -0.858. The van der Waals surface area contributed by atoms with Crippen LogP contribution in [0.5, 0.6) is 0 Å². The van der Waals surface area contributed by atoms with Crippen molar-refractivity contribution >= 4 is 5.82 Å². The number of aromatic amines is 1. The van der Waals surface area contributed by atoms with Gasteiger partial charge in [-0.1, -0.05) is 13.8 Å². The molecule has 0 bridgehead atoms. The lowest BCUT2D eigenvalue weighted by Gasteiger charge is -2.33. The van der Waals surface area contributed by atoms with Crippen molar-refractivity contribution in [1.29, 1.82) is 5.26 Å². The van der Waals surface area contributed by atoms with Crippen molar-refractivity contribution in [3.63, 3.8) is 0 Å². The van der Waals surface area contributed by atoms with E-state index in [0.717, 1.165) is 49.3 Å². The van der Waals surface area contributed by atoms with Gasteiger partial charge in [0, 0.05) is 24.8 Å². The van der Waals surface area contributed by atoms with Crippen molar-refractivity contribution in [2.75, 3.05) is 32.5 Å². The van der Waals surface area contributed by atoms with E-state index in [1.54, 1.807) is 0 Å². The molecule has 1 aromatic heterocycles. The normalized spacial score (nSPS) is 16.0. The first kappa shape index (κ1) is 19.7. The molecule has 1 aliphatic heterocycles. The fourth-order valence-electron chi connectivity index (χ4n) is 3.38. The number of nitriles is 1. The monoisotopic (exact) mass is 346 g/mol. The van der Waals surface area contributed by atoms with Crippen LogP contribution in [0.15, 0.2) is 0 Å². The van der Waals surface area contributed by atoms with Crippen LogP contribution in [0, 0.1) is 17.2 Å². The van der Waals surface area contributed by atoms with Crippen LogP contribution in [0.2, 0.25) is 0 Å². The van der Waals surface area contributed by atoms with E-state index < -0.39 is 0 Å². The maximum absolute atomic E-state index is 9.81. The fraction of sp³-hybridized carbons (Fsp3) is 0.700. The predicted octanol–water partition coefficient (Wildman–Crippen LogP) is 1.37. The Morgan fingerprint density at radius 2 is 2.04 bits per heavy atom. The number of rotatable bonds is 7. The summed E-state index contributed by atoms with van der Waals surface area (Å²) in [6, 6.07) is 2.44. The first-order valence-corrected chi connectivity index (χ1v) is 9.40. The molecule has 5 heteroatoms. The highest BCUT2D eigenvalue weighted by atomic mass is 16.5. The van der Waals surface area contributed by atoms with Crippen LogP contribution in [0.4, 0.5) is 5.82 Å². The van der Waals surface area contributed by atoms with Crippen molar-refractivity contribution in [1.82, 2.24) is 0 Å². The fourth-order valence-corrected chi connectivity index (χ4v) is 3.38. The molecular weight excluding hydrogens is 312 g/mol. The van der Waals surface area contributed by atoms with Crippen LogP contribution in [-0.4, -0.2) is 32.8 Å². The number of pyridine rings is 1. The molecule has 2 rings (SSSR count). The molecular formula is C20H34N4O+2. The maximum Gasteiger partial charge on any atom is 0.290 e. The lowest BCUT2D eigenvalue weighted by atomic mass is 9.87. The molecule has 0 saturated carbocycles. The summed E-state index contributed by atoms with van der Waals surface area (Å²) in [5, 5.41) is 13.3. The second-order valence-corrected chi connectivity index (χ2v) is 8.48. The minimum atomic E-state index is -0.222. The Hall–Kier alpha value is -1.64. The van der Waals surface area contributed by atoms with Gasteiger partial charge in [0.15, 0.2) is 0 Å². The first-order valence-electron chi connectivity index (χ1n) is 9.40. The van der Waals surface area contributed by atoms with Crippen molar-refractivity contribution < 1.29 is 14.6 Å². The number of hydrogen-bond donors (Lipinski definition) is 2. The minimum absolute atomic E-state index is 0.222. The summed E-state index contributed by atoms with van der Waals surface area (Å²) in [4.78, 5) is 4.96. The molecule has 0 unspecified atom stereocenters. The zero-order chi connectivity index (χ0) is 18.6. The van der Waals surface area contributed by atoms with Gasteiger partial charge in [-0.3, -0.25) is 5.32 Å². The Bertz CT molecular complexity index is 644. The van der Waals surface area contributed by atoms with E-state index in [4.69, 9.17) is 4.74 Å². The summed E-state index contributed by atoms with van der Waals surface area (Å²) in [5.74, 6) is 1.43. The van der Waals surface area contributed by atoms with Gasteiger partial charge in [0.1, 0.15) is 17.3 Å². The second-order valence-electron chi connectivity index (χ2n) is 8.48. The van der Waals surface area contributed by atoms with Gasteiger partial charge in [0.2, 0.25) is 0 Å². The van der Waals surface area contributed by atoms with E-state index in [0.29, 0.717) is 12.5 Å².